The third-order valence-corrected chi connectivity index (χ3v) is 3.67. The molecule has 1 aliphatic rings. The Morgan fingerprint density at radius 1 is 1.50 bits per heavy atom. The van der Waals surface area contributed by atoms with E-state index >= 15 is 0 Å². The summed E-state index contributed by atoms with van der Waals surface area (Å²) in [5, 5.41) is 3.24. The lowest BCUT2D eigenvalue weighted by atomic mass is 9.95. The number of anilines is 2. The topological polar surface area (TPSA) is 41.1 Å². The zero-order valence-corrected chi connectivity index (χ0v) is 11.7. The predicted molar refractivity (Wildman–Crippen MR) is 76.0 cm³/mol. The van der Waals surface area contributed by atoms with Crippen molar-refractivity contribution < 1.29 is 0 Å². The van der Waals surface area contributed by atoms with Crippen LogP contribution in [-0.4, -0.2) is 29.6 Å². The second-order valence-corrected chi connectivity index (χ2v) is 5.40. The summed E-state index contributed by atoms with van der Waals surface area (Å²) in [6.07, 6.45) is 4.22. The lowest BCUT2D eigenvalue weighted by Crippen LogP contribution is -2.22. The van der Waals surface area contributed by atoms with Crippen molar-refractivity contribution in [2.45, 2.75) is 33.6 Å². The van der Waals surface area contributed by atoms with Crippen LogP contribution in [0.15, 0.2) is 12.3 Å². The average Bonchev–Trinajstić information content (AvgIpc) is 2.86. The molecule has 18 heavy (non-hydrogen) atoms. The Balaban J connectivity index is 2.01. The van der Waals surface area contributed by atoms with E-state index in [1.54, 1.807) is 0 Å². The van der Waals surface area contributed by atoms with E-state index in [2.05, 4.69) is 41.0 Å². The van der Waals surface area contributed by atoms with E-state index in [4.69, 9.17) is 0 Å². The summed E-state index contributed by atoms with van der Waals surface area (Å²) >= 11 is 0. The van der Waals surface area contributed by atoms with E-state index in [0.29, 0.717) is 0 Å². The van der Waals surface area contributed by atoms with Gasteiger partial charge < -0.3 is 10.2 Å². The van der Waals surface area contributed by atoms with Gasteiger partial charge in [0.15, 0.2) is 0 Å². The van der Waals surface area contributed by atoms with Crippen LogP contribution in [0.5, 0.6) is 0 Å². The Hall–Kier alpha value is -1.32. The Kier molecular flexibility index (Phi) is 4.39. The van der Waals surface area contributed by atoms with Gasteiger partial charge >= 0.3 is 0 Å². The monoisotopic (exact) mass is 248 g/mol. The third kappa shape index (κ3) is 3.12. The lowest BCUT2D eigenvalue weighted by molar-refractivity contribution is 0.422. The van der Waals surface area contributed by atoms with Crippen molar-refractivity contribution in [2.75, 3.05) is 29.9 Å². The molecule has 4 nitrogen and oxygen atoms in total. The smallest absolute Gasteiger partial charge is 0.224 e. The van der Waals surface area contributed by atoms with E-state index < -0.39 is 0 Å². The maximum atomic E-state index is 4.59. The number of hydrogen-bond donors (Lipinski definition) is 1. The maximum absolute atomic E-state index is 4.59. The van der Waals surface area contributed by atoms with E-state index in [0.717, 1.165) is 49.7 Å². The Labute approximate surface area is 110 Å². The van der Waals surface area contributed by atoms with E-state index in [-0.39, 0.29) is 0 Å². The van der Waals surface area contributed by atoms with Crippen molar-refractivity contribution in [3.8, 4) is 0 Å². The van der Waals surface area contributed by atoms with Crippen LogP contribution < -0.4 is 10.2 Å². The minimum atomic E-state index is 0.752. The molecular formula is C14H24N4. The van der Waals surface area contributed by atoms with Crippen molar-refractivity contribution in [3.05, 3.63) is 12.3 Å². The predicted octanol–water partition coefficient (Wildman–Crippen LogP) is 2.78. The average molecular weight is 248 g/mol. The molecule has 2 rings (SSSR count). The first-order chi connectivity index (χ1) is 8.70. The normalized spacial score (nSPS) is 19.6. The molecule has 4 heteroatoms. The molecule has 1 unspecified atom stereocenters. The summed E-state index contributed by atoms with van der Waals surface area (Å²) in [6.45, 7) is 9.93. The minimum absolute atomic E-state index is 0.752. The molecule has 0 amide bonds. The molecule has 1 N–H and O–H groups in total. The Morgan fingerprint density at radius 2 is 2.33 bits per heavy atom. The number of hydrogen-bond acceptors (Lipinski definition) is 4. The number of nitrogens with one attached hydrogen (secondary N) is 1. The fraction of sp³-hybridized carbons (Fsp3) is 0.714. The molecule has 2 heterocycles. The van der Waals surface area contributed by atoms with Gasteiger partial charge in [0.1, 0.15) is 5.82 Å². The molecule has 1 saturated heterocycles. The lowest BCUT2D eigenvalue weighted by Gasteiger charge is -2.19. The van der Waals surface area contributed by atoms with Crippen molar-refractivity contribution >= 4 is 11.8 Å². The van der Waals surface area contributed by atoms with Crippen molar-refractivity contribution in [1.82, 2.24) is 9.97 Å². The van der Waals surface area contributed by atoms with E-state index in [1.807, 2.05) is 12.3 Å². The highest BCUT2D eigenvalue weighted by molar-refractivity contribution is 5.43. The van der Waals surface area contributed by atoms with Crippen LogP contribution in [0.3, 0.4) is 0 Å². The van der Waals surface area contributed by atoms with Crippen molar-refractivity contribution in [1.29, 1.82) is 0 Å². The molecule has 1 atom stereocenters. The van der Waals surface area contributed by atoms with Gasteiger partial charge in [-0.15, -0.1) is 0 Å². The van der Waals surface area contributed by atoms with Gasteiger partial charge in [-0.05, 0) is 30.7 Å². The van der Waals surface area contributed by atoms with Crippen LogP contribution in [-0.2, 0) is 0 Å². The Bertz CT molecular complexity index is 378. The molecule has 0 aliphatic carbocycles. The first-order valence-electron chi connectivity index (χ1n) is 7.02. The zero-order valence-electron chi connectivity index (χ0n) is 11.7. The van der Waals surface area contributed by atoms with Crippen LogP contribution in [0.25, 0.3) is 0 Å². The number of nitrogens with zero attached hydrogens (tertiary/aromatic N) is 3. The van der Waals surface area contributed by atoms with Crippen LogP contribution in [0, 0.1) is 11.8 Å². The van der Waals surface area contributed by atoms with Gasteiger partial charge in [-0.25, -0.2) is 4.98 Å². The van der Waals surface area contributed by atoms with Gasteiger partial charge in [-0.3, -0.25) is 0 Å². The molecule has 1 aromatic rings. The van der Waals surface area contributed by atoms with Crippen LogP contribution in [0.1, 0.15) is 33.6 Å². The van der Waals surface area contributed by atoms with Gasteiger partial charge in [0.25, 0.3) is 0 Å². The van der Waals surface area contributed by atoms with Gasteiger partial charge in [-0.1, -0.05) is 20.8 Å². The molecule has 100 valence electrons. The molecule has 1 aromatic heterocycles. The maximum Gasteiger partial charge on any atom is 0.224 e. The number of aromatic nitrogens is 2. The third-order valence-electron chi connectivity index (χ3n) is 3.67. The van der Waals surface area contributed by atoms with Gasteiger partial charge in [0, 0.05) is 25.8 Å². The second-order valence-electron chi connectivity index (χ2n) is 5.40. The molecule has 0 radical (unpaired) electrons. The van der Waals surface area contributed by atoms with E-state index in [9.17, 15) is 0 Å². The fourth-order valence-electron chi connectivity index (χ4n) is 2.39. The quantitative estimate of drug-likeness (QED) is 0.870. The summed E-state index contributed by atoms with van der Waals surface area (Å²) in [4.78, 5) is 11.2. The SMILES string of the molecule is CCCNc1nccc(N2CCC(C(C)C)C2)n1. The highest BCUT2D eigenvalue weighted by atomic mass is 15.2. The van der Waals surface area contributed by atoms with Crippen molar-refractivity contribution in [2.24, 2.45) is 11.8 Å². The molecule has 0 bridgehead atoms. The molecule has 1 aliphatic heterocycles. The summed E-state index contributed by atoms with van der Waals surface area (Å²) in [5.41, 5.74) is 0. The first kappa shape index (κ1) is 13.1. The summed E-state index contributed by atoms with van der Waals surface area (Å²) in [5.74, 6) is 3.37. The van der Waals surface area contributed by atoms with Gasteiger partial charge in [-0.2, -0.15) is 4.98 Å². The zero-order chi connectivity index (χ0) is 13.0. The molecule has 0 spiro atoms. The van der Waals surface area contributed by atoms with Crippen LogP contribution in [0.2, 0.25) is 0 Å². The van der Waals surface area contributed by atoms with Gasteiger partial charge in [0.2, 0.25) is 5.95 Å². The van der Waals surface area contributed by atoms with Crippen LogP contribution >= 0.6 is 0 Å². The number of rotatable bonds is 5. The minimum Gasteiger partial charge on any atom is -0.356 e. The first-order valence-corrected chi connectivity index (χ1v) is 7.02. The molecular weight excluding hydrogens is 224 g/mol. The molecule has 0 saturated carbocycles. The standard InChI is InChI=1S/C14H24N4/c1-4-7-15-14-16-8-5-13(17-14)18-9-6-12(10-18)11(2)3/h5,8,11-12H,4,6-7,9-10H2,1-3H3,(H,15,16,17). The Morgan fingerprint density at radius 3 is 3.00 bits per heavy atom. The van der Waals surface area contributed by atoms with E-state index in [1.165, 1.54) is 6.42 Å². The largest absolute Gasteiger partial charge is 0.356 e. The van der Waals surface area contributed by atoms with Gasteiger partial charge in [0.05, 0.1) is 0 Å². The molecule has 0 aromatic carbocycles. The fourth-order valence-corrected chi connectivity index (χ4v) is 2.39. The van der Waals surface area contributed by atoms with Crippen LogP contribution in [0.4, 0.5) is 11.8 Å². The summed E-state index contributed by atoms with van der Waals surface area (Å²) < 4.78 is 0. The second kappa shape index (κ2) is 6.03. The van der Waals surface area contributed by atoms with Crippen molar-refractivity contribution in [3.63, 3.8) is 0 Å². The summed E-state index contributed by atoms with van der Waals surface area (Å²) in [6, 6.07) is 2.01. The molecule has 1 fully saturated rings. The highest BCUT2D eigenvalue weighted by Gasteiger charge is 2.25. The summed E-state index contributed by atoms with van der Waals surface area (Å²) in [7, 11) is 0. The highest BCUT2D eigenvalue weighted by Crippen LogP contribution is 2.27.